The second kappa shape index (κ2) is 6.12. The number of nitrogens with zero attached hydrogens (tertiary/aromatic N) is 1. The SMILES string of the molecule is CC(C)(C#N)CCCSc1ccc2ccccc2c1. The first-order valence-corrected chi connectivity index (χ1v) is 7.62. The van der Waals surface area contributed by atoms with Crippen molar-refractivity contribution in [3.05, 3.63) is 42.5 Å². The third kappa shape index (κ3) is 4.01. The summed E-state index contributed by atoms with van der Waals surface area (Å²) >= 11 is 1.88. The average molecular weight is 269 g/mol. The summed E-state index contributed by atoms with van der Waals surface area (Å²) in [6.07, 6.45) is 2.04. The molecule has 0 aliphatic rings. The van der Waals surface area contributed by atoms with Gasteiger partial charge in [-0.3, -0.25) is 0 Å². The molecule has 0 amide bonds. The van der Waals surface area contributed by atoms with E-state index in [2.05, 4.69) is 48.5 Å². The van der Waals surface area contributed by atoms with Crippen LogP contribution < -0.4 is 0 Å². The largest absolute Gasteiger partial charge is 0.198 e. The van der Waals surface area contributed by atoms with Gasteiger partial charge in [-0.05, 0) is 55.3 Å². The predicted molar refractivity (Wildman–Crippen MR) is 83.3 cm³/mol. The van der Waals surface area contributed by atoms with Crippen LogP contribution in [0.3, 0.4) is 0 Å². The molecule has 0 atom stereocenters. The maximum absolute atomic E-state index is 8.97. The highest BCUT2D eigenvalue weighted by Gasteiger charge is 2.15. The summed E-state index contributed by atoms with van der Waals surface area (Å²) in [7, 11) is 0. The number of thioether (sulfide) groups is 1. The average Bonchev–Trinajstić information content (AvgIpc) is 2.43. The topological polar surface area (TPSA) is 23.8 Å². The highest BCUT2D eigenvalue weighted by Crippen LogP contribution is 2.27. The van der Waals surface area contributed by atoms with Gasteiger partial charge in [0.25, 0.3) is 0 Å². The predicted octanol–water partition coefficient (Wildman–Crippen LogP) is 5.26. The smallest absolute Gasteiger partial charge is 0.0683 e. The highest BCUT2D eigenvalue weighted by atomic mass is 32.2. The standard InChI is InChI=1S/C17H19NS/c1-17(2,13-18)10-5-11-19-16-9-8-14-6-3-4-7-15(14)12-16/h3-4,6-9,12H,5,10-11H2,1-2H3. The Hall–Kier alpha value is -1.46. The molecule has 0 N–H and O–H groups in total. The fraction of sp³-hybridized carbons (Fsp3) is 0.353. The van der Waals surface area contributed by atoms with Crippen LogP contribution in [0, 0.1) is 16.7 Å². The van der Waals surface area contributed by atoms with Crippen molar-refractivity contribution in [3.8, 4) is 6.07 Å². The molecule has 0 bridgehead atoms. The van der Waals surface area contributed by atoms with Gasteiger partial charge < -0.3 is 0 Å². The molecule has 0 spiro atoms. The van der Waals surface area contributed by atoms with E-state index in [9.17, 15) is 0 Å². The van der Waals surface area contributed by atoms with Gasteiger partial charge in [0.15, 0.2) is 0 Å². The summed E-state index contributed by atoms with van der Waals surface area (Å²) in [5.74, 6) is 1.07. The molecule has 0 heterocycles. The van der Waals surface area contributed by atoms with Crippen LogP contribution in [0.2, 0.25) is 0 Å². The van der Waals surface area contributed by atoms with Crippen LogP contribution in [0.25, 0.3) is 10.8 Å². The minimum absolute atomic E-state index is 0.191. The lowest BCUT2D eigenvalue weighted by Gasteiger charge is -2.14. The number of rotatable bonds is 5. The molecule has 0 aliphatic carbocycles. The Labute approximate surface area is 119 Å². The lowest BCUT2D eigenvalue weighted by atomic mass is 9.90. The van der Waals surface area contributed by atoms with E-state index in [1.807, 2.05) is 25.6 Å². The monoisotopic (exact) mass is 269 g/mol. The van der Waals surface area contributed by atoms with Crippen molar-refractivity contribution in [2.24, 2.45) is 5.41 Å². The lowest BCUT2D eigenvalue weighted by Crippen LogP contribution is -2.07. The number of hydrogen-bond donors (Lipinski definition) is 0. The quantitative estimate of drug-likeness (QED) is 0.546. The summed E-state index contributed by atoms with van der Waals surface area (Å²) in [6.45, 7) is 4.02. The first-order chi connectivity index (χ1) is 9.11. The molecule has 1 nitrogen and oxygen atoms in total. The molecule has 0 aromatic heterocycles. The van der Waals surface area contributed by atoms with Crippen molar-refractivity contribution in [3.63, 3.8) is 0 Å². The van der Waals surface area contributed by atoms with Crippen LogP contribution in [0.4, 0.5) is 0 Å². The molecular weight excluding hydrogens is 250 g/mol. The molecule has 0 saturated carbocycles. The van der Waals surface area contributed by atoms with Crippen LogP contribution in [-0.4, -0.2) is 5.75 Å². The van der Waals surface area contributed by atoms with Crippen LogP contribution >= 0.6 is 11.8 Å². The van der Waals surface area contributed by atoms with Crippen molar-refractivity contribution < 1.29 is 0 Å². The molecule has 2 rings (SSSR count). The third-order valence-corrected chi connectivity index (χ3v) is 4.32. The van der Waals surface area contributed by atoms with Crippen molar-refractivity contribution in [1.29, 1.82) is 5.26 Å². The minimum Gasteiger partial charge on any atom is -0.198 e. The zero-order chi connectivity index (χ0) is 13.7. The van der Waals surface area contributed by atoms with Gasteiger partial charge in [-0.25, -0.2) is 0 Å². The van der Waals surface area contributed by atoms with Crippen molar-refractivity contribution in [2.75, 3.05) is 5.75 Å². The second-order valence-corrected chi connectivity index (χ2v) is 6.62. The van der Waals surface area contributed by atoms with Gasteiger partial charge in [-0.1, -0.05) is 30.3 Å². The normalized spacial score (nSPS) is 11.4. The molecule has 0 aliphatic heterocycles. The van der Waals surface area contributed by atoms with Gasteiger partial charge in [0, 0.05) is 4.90 Å². The maximum Gasteiger partial charge on any atom is 0.0683 e. The Morgan fingerprint density at radius 1 is 1.11 bits per heavy atom. The lowest BCUT2D eigenvalue weighted by molar-refractivity contribution is 0.448. The van der Waals surface area contributed by atoms with Gasteiger partial charge in [0.05, 0.1) is 11.5 Å². The van der Waals surface area contributed by atoms with Gasteiger partial charge in [-0.2, -0.15) is 5.26 Å². The van der Waals surface area contributed by atoms with Crippen LogP contribution in [-0.2, 0) is 0 Å². The van der Waals surface area contributed by atoms with Gasteiger partial charge in [0.2, 0.25) is 0 Å². The van der Waals surface area contributed by atoms with E-state index >= 15 is 0 Å². The maximum atomic E-state index is 8.97. The molecule has 2 heteroatoms. The zero-order valence-corrected chi connectivity index (χ0v) is 12.3. The summed E-state index contributed by atoms with van der Waals surface area (Å²) in [5, 5.41) is 11.6. The Kier molecular flexibility index (Phi) is 4.50. The van der Waals surface area contributed by atoms with Crippen LogP contribution in [0.1, 0.15) is 26.7 Å². The van der Waals surface area contributed by atoms with E-state index in [-0.39, 0.29) is 5.41 Å². The summed E-state index contributed by atoms with van der Waals surface area (Å²) < 4.78 is 0. The molecule has 0 fully saturated rings. The Morgan fingerprint density at radius 3 is 2.58 bits per heavy atom. The molecule has 0 radical (unpaired) electrons. The van der Waals surface area contributed by atoms with E-state index in [0.29, 0.717) is 0 Å². The zero-order valence-electron chi connectivity index (χ0n) is 11.5. The first kappa shape index (κ1) is 14.0. The van der Waals surface area contributed by atoms with E-state index in [4.69, 9.17) is 5.26 Å². The fourth-order valence-electron chi connectivity index (χ4n) is 2.02. The van der Waals surface area contributed by atoms with Gasteiger partial charge >= 0.3 is 0 Å². The Balaban J connectivity index is 1.90. The molecule has 98 valence electrons. The van der Waals surface area contributed by atoms with E-state index in [1.54, 1.807) is 0 Å². The van der Waals surface area contributed by atoms with Crippen molar-refractivity contribution in [1.82, 2.24) is 0 Å². The van der Waals surface area contributed by atoms with E-state index < -0.39 is 0 Å². The van der Waals surface area contributed by atoms with E-state index in [1.165, 1.54) is 15.7 Å². The number of hydrogen-bond acceptors (Lipinski definition) is 2. The molecule has 2 aromatic carbocycles. The van der Waals surface area contributed by atoms with Crippen molar-refractivity contribution in [2.45, 2.75) is 31.6 Å². The number of benzene rings is 2. The molecule has 0 unspecified atom stereocenters. The molecule has 2 aromatic rings. The molecular formula is C17H19NS. The van der Waals surface area contributed by atoms with Gasteiger partial charge in [0.1, 0.15) is 0 Å². The second-order valence-electron chi connectivity index (χ2n) is 5.46. The summed E-state index contributed by atoms with van der Waals surface area (Å²) in [5.41, 5.74) is -0.191. The minimum atomic E-state index is -0.191. The highest BCUT2D eigenvalue weighted by molar-refractivity contribution is 7.99. The van der Waals surface area contributed by atoms with Crippen LogP contribution in [0.15, 0.2) is 47.4 Å². The summed E-state index contributed by atoms with van der Waals surface area (Å²) in [6, 6.07) is 17.4. The molecule has 19 heavy (non-hydrogen) atoms. The first-order valence-electron chi connectivity index (χ1n) is 6.64. The Morgan fingerprint density at radius 2 is 1.84 bits per heavy atom. The van der Waals surface area contributed by atoms with Gasteiger partial charge in [-0.15, -0.1) is 11.8 Å². The molecule has 0 saturated heterocycles. The Bertz CT molecular complexity index is 595. The third-order valence-electron chi connectivity index (χ3n) is 3.24. The van der Waals surface area contributed by atoms with E-state index in [0.717, 1.165) is 18.6 Å². The summed E-state index contributed by atoms with van der Waals surface area (Å²) in [4.78, 5) is 1.31. The number of nitriles is 1. The van der Waals surface area contributed by atoms with Crippen LogP contribution in [0.5, 0.6) is 0 Å². The fourth-order valence-corrected chi connectivity index (χ4v) is 2.92. The van der Waals surface area contributed by atoms with Crippen molar-refractivity contribution >= 4 is 22.5 Å². The number of fused-ring (bicyclic) bond motifs is 1.